The number of nitrogens with zero attached hydrogens (tertiary/aromatic N) is 1. The number of halogens is 1. The molecule has 1 aliphatic rings. The lowest BCUT2D eigenvalue weighted by Gasteiger charge is -2.26. The average Bonchev–Trinajstić information content (AvgIpc) is 3.01. The van der Waals surface area contributed by atoms with Crippen molar-refractivity contribution in [2.24, 2.45) is 0 Å². The number of likely N-dealkylation sites (tertiary alicyclic amines) is 1. The normalized spacial score (nSPS) is 18.1. The maximum absolute atomic E-state index is 13.0. The maximum atomic E-state index is 13.0. The van der Waals surface area contributed by atoms with E-state index in [1.807, 2.05) is 26.0 Å². The smallest absolute Gasteiger partial charge is 0.295 e. The molecule has 0 spiro atoms. The first kappa shape index (κ1) is 22.8. The minimum atomic E-state index is -0.772. The summed E-state index contributed by atoms with van der Waals surface area (Å²) in [6.07, 6.45) is 0.628. The number of rotatable bonds is 8. The van der Waals surface area contributed by atoms with Gasteiger partial charge in [-0.1, -0.05) is 29.8 Å². The second-order valence-corrected chi connectivity index (χ2v) is 7.95. The van der Waals surface area contributed by atoms with Crippen LogP contribution in [0.2, 0.25) is 5.02 Å². The zero-order chi connectivity index (χ0) is 22.5. The summed E-state index contributed by atoms with van der Waals surface area (Å²) in [6, 6.07) is 12.9. The number of Topliss-reactive ketones (excluding diaryl/α,β-unsaturated/α-hetero) is 1. The Morgan fingerprint density at radius 1 is 1.13 bits per heavy atom. The predicted molar refractivity (Wildman–Crippen MR) is 119 cm³/mol. The van der Waals surface area contributed by atoms with Crippen LogP contribution < -0.4 is 4.74 Å². The molecule has 2 aromatic rings. The summed E-state index contributed by atoms with van der Waals surface area (Å²) in [6.45, 7) is 4.63. The summed E-state index contributed by atoms with van der Waals surface area (Å²) >= 11 is 5.95. The van der Waals surface area contributed by atoms with Crippen LogP contribution in [-0.4, -0.2) is 48.1 Å². The van der Waals surface area contributed by atoms with E-state index >= 15 is 0 Å². The lowest BCUT2D eigenvalue weighted by Crippen LogP contribution is -2.31. The summed E-state index contributed by atoms with van der Waals surface area (Å²) in [5, 5.41) is 11.5. The highest BCUT2D eigenvalue weighted by molar-refractivity contribution is 6.46. The quantitative estimate of drug-likeness (QED) is 0.279. The molecule has 1 fully saturated rings. The molecule has 2 aromatic carbocycles. The highest BCUT2D eigenvalue weighted by Gasteiger charge is 2.46. The molecule has 0 unspecified atom stereocenters. The zero-order valence-corrected chi connectivity index (χ0v) is 18.6. The number of ketones is 1. The topological polar surface area (TPSA) is 76.1 Å². The molecule has 1 saturated heterocycles. The molecule has 7 heteroatoms. The van der Waals surface area contributed by atoms with Crippen molar-refractivity contribution in [1.29, 1.82) is 0 Å². The van der Waals surface area contributed by atoms with Gasteiger partial charge in [-0.05, 0) is 50.6 Å². The van der Waals surface area contributed by atoms with Crippen molar-refractivity contribution in [1.82, 2.24) is 4.90 Å². The van der Waals surface area contributed by atoms with Crippen molar-refractivity contribution in [2.75, 3.05) is 20.3 Å². The second kappa shape index (κ2) is 9.98. The molecule has 6 nitrogen and oxygen atoms in total. The predicted octanol–water partition coefficient (Wildman–Crippen LogP) is 4.59. The largest absolute Gasteiger partial charge is 0.507 e. The van der Waals surface area contributed by atoms with Crippen LogP contribution in [0.4, 0.5) is 0 Å². The molecule has 1 N–H and O–H groups in total. The van der Waals surface area contributed by atoms with E-state index in [0.29, 0.717) is 41.5 Å². The third-order valence-electron chi connectivity index (χ3n) is 5.09. The Balaban J connectivity index is 2.07. The Morgan fingerprint density at radius 3 is 2.45 bits per heavy atom. The number of aliphatic hydroxyl groups excluding tert-OH is 1. The van der Waals surface area contributed by atoms with Crippen LogP contribution in [0.1, 0.15) is 37.4 Å². The summed E-state index contributed by atoms with van der Waals surface area (Å²) in [5.74, 6) is -1.10. The third-order valence-corrected chi connectivity index (χ3v) is 5.34. The number of hydrogen-bond acceptors (Lipinski definition) is 5. The van der Waals surface area contributed by atoms with E-state index in [1.54, 1.807) is 36.4 Å². The molecule has 1 amide bonds. The molecule has 0 saturated carbocycles. The van der Waals surface area contributed by atoms with Gasteiger partial charge in [0.05, 0.1) is 24.8 Å². The van der Waals surface area contributed by atoms with Gasteiger partial charge in [-0.25, -0.2) is 0 Å². The van der Waals surface area contributed by atoms with Crippen molar-refractivity contribution < 1.29 is 24.2 Å². The molecule has 0 aliphatic carbocycles. The molecule has 0 bridgehead atoms. The number of methoxy groups -OCH3 is 1. The van der Waals surface area contributed by atoms with Gasteiger partial charge in [0, 0.05) is 29.3 Å². The van der Waals surface area contributed by atoms with Gasteiger partial charge < -0.3 is 19.5 Å². The van der Waals surface area contributed by atoms with Gasteiger partial charge in [-0.3, -0.25) is 9.59 Å². The van der Waals surface area contributed by atoms with E-state index in [1.165, 1.54) is 12.0 Å². The Kier molecular flexibility index (Phi) is 7.36. The van der Waals surface area contributed by atoms with E-state index in [4.69, 9.17) is 21.1 Å². The standard InChI is InChI=1S/C24H26ClNO5/c1-15(2)31-14-6-13-26-21(18-7-4-5-8-19(18)30-3)20(23(28)24(26)29)22(27)16-9-11-17(25)12-10-16/h4-5,7-12,15,21,27H,6,13-14H2,1-3H3/t21-/m0/s1. The Hall–Kier alpha value is -2.83. The molecule has 1 aliphatic heterocycles. The van der Waals surface area contributed by atoms with E-state index in [2.05, 4.69) is 0 Å². The van der Waals surface area contributed by atoms with E-state index < -0.39 is 17.7 Å². The number of amides is 1. The van der Waals surface area contributed by atoms with E-state index in [-0.39, 0.29) is 17.4 Å². The van der Waals surface area contributed by atoms with Crippen LogP contribution in [0.3, 0.4) is 0 Å². The first-order valence-electron chi connectivity index (χ1n) is 10.1. The Labute approximate surface area is 187 Å². The number of aliphatic hydroxyl groups is 1. The molecular weight excluding hydrogens is 418 g/mol. The van der Waals surface area contributed by atoms with Crippen LogP contribution in [0.5, 0.6) is 5.75 Å². The summed E-state index contributed by atoms with van der Waals surface area (Å²) in [5.41, 5.74) is 1.07. The van der Waals surface area contributed by atoms with Crippen molar-refractivity contribution in [3.63, 3.8) is 0 Å². The highest BCUT2D eigenvalue weighted by atomic mass is 35.5. The van der Waals surface area contributed by atoms with Gasteiger partial charge in [-0.15, -0.1) is 0 Å². The van der Waals surface area contributed by atoms with Crippen molar-refractivity contribution >= 4 is 29.1 Å². The Bertz CT molecular complexity index is 984. The number of carbonyl (C=O) groups excluding carboxylic acids is 2. The molecular formula is C24H26ClNO5. The molecule has 31 heavy (non-hydrogen) atoms. The van der Waals surface area contributed by atoms with Crippen LogP contribution in [0, 0.1) is 0 Å². The maximum Gasteiger partial charge on any atom is 0.295 e. The summed E-state index contributed by atoms with van der Waals surface area (Å²) in [7, 11) is 1.53. The van der Waals surface area contributed by atoms with E-state index in [9.17, 15) is 14.7 Å². The fraction of sp³-hybridized carbons (Fsp3) is 0.333. The number of hydrogen-bond donors (Lipinski definition) is 1. The molecule has 1 atom stereocenters. The summed E-state index contributed by atoms with van der Waals surface area (Å²) in [4.78, 5) is 27.4. The van der Waals surface area contributed by atoms with Gasteiger partial charge in [0.2, 0.25) is 0 Å². The number of ether oxygens (including phenoxy) is 2. The lowest BCUT2D eigenvalue weighted by molar-refractivity contribution is -0.140. The van der Waals surface area contributed by atoms with Crippen LogP contribution in [0.25, 0.3) is 5.76 Å². The number of para-hydroxylation sites is 1. The van der Waals surface area contributed by atoms with Crippen LogP contribution >= 0.6 is 11.6 Å². The number of carbonyl (C=O) groups is 2. The van der Waals surface area contributed by atoms with Gasteiger partial charge in [-0.2, -0.15) is 0 Å². The summed E-state index contributed by atoms with van der Waals surface area (Å²) < 4.78 is 11.1. The Morgan fingerprint density at radius 2 is 1.81 bits per heavy atom. The lowest BCUT2D eigenvalue weighted by atomic mass is 9.94. The first-order chi connectivity index (χ1) is 14.8. The highest BCUT2D eigenvalue weighted by Crippen LogP contribution is 2.42. The third kappa shape index (κ3) is 4.92. The molecule has 1 heterocycles. The van der Waals surface area contributed by atoms with Crippen molar-refractivity contribution in [3.05, 3.63) is 70.3 Å². The molecule has 164 valence electrons. The van der Waals surface area contributed by atoms with Gasteiger partial charge in [0.15, 0.2) is 0 Å². The zero-order valence-electron chi connectivity index (χ0n) is 17.8. The SMILES string of the molecule is COc1ccccc1[C@H]1C(=C(O)c2ccc(Cl)cc2)C(=O)C(=O)N1CCCOC(C)C. The van der Waals surface area contributed by atoms with Gasteiger partial charge in [0.1, 0.15) is 11.5 Å². The minimum absolute atomic E-state index is 0.0293. The minimum Gasteiger partial charge on any atom is -0.507 e. The molecule has 3 rings (SSSR count). The molecule has 0 aromatic heterocycles. The van der Waals surface area contributed by atoms with Crippen molar-refractivity contribution in [3.8, 4) is 5.75 Å². The second-order valence-electron chi connectivity index (χ2n) is 7.51. The van der Waals surface area contributed by atoms with Crippen LogP contribution in [-0.2, 0) is 14.3 Å². The molecule has 0 radical (unpaired) electrons. The van der Waals surface area contributed by atoms with Crippen molar-refractivity contribution in [2.45, 2.75) is 32.4 Å². The van der Waals surface area contributed by atoms with E-state index in [0.717, 1.165) is 0 Å². The number of benzene rings is 2. The van der Waals surface area contributed by atoms with Gasteiger partial charge in [0.25, 0.3) is 11.7 Å². The monoisotopic (exact) mass is 443 g/mol. The fourth-order valence-electron chi connectivity index (χ4n) is 3.64. The average molecular weight is 444 g/mol. The van der Waals surface area contributed by atoms with Crippen LogP contribution in [0.15, 0.2) is 54.1 Å². The fourth-order valence-corrected chi connectivity index (χ4v) is 3.77. The first-order valence-corrected chi connectivity index (χ1v) is 10.5. The van der Waals surface area contributed by atoms with Gasteiger partial charge >= 0.3 is 0 Å².